The summed E-state index contributed by atoms with van der Waals surface area (Å²) in [5.41, 5.74) is 12.2. The van der Waals surface area contributed by atoms with Crippen LogP contribution in [0, 0.1) is 11.7 Å². The zero-order valence-corrected chi connectivity index (χ0v) is 37.4. The Morgan fingerprint density at radius 3 is 1.66 bits per heavy atom. The molecule has 7 nitrogen and oxygen atoms in total. The maximum absolute atomic E-state index is 13.7. The first-order valence-corrected chi connectivity index (χ1v) is 23.5. The van der Waals surface area contributed by atoms with Crippen molar-refractivity contribution in [3.05, 3.63) is 204 Å². The van der Waals surface area contributed by atoms with Crippen LogP contribution in [0.1, 0.15) is 80.3 Å². The van der Waals surface area contributed by atoms with E-state index in [1.54, 1.807) is 0 Å². The van der Waals surface area contributed by atoms with Gasteiger partial charge in [-0.2, -0.15) is 0 Å². The number of fused-ring (bicyclic) bond motifs is 8. The highest BCUT2D eigenvalue weighted by Gasteiger charge is 2.41. The maximum atomic E-state index is 13.7. The Morgan fingerprint density at radius 1 is 0.632 bits per heavy atom. The molecule has 5 aromatic carbocycles. The van der Waals surface area contributed by atoms with Crippen LogP contribution < -0.4 is 0 Å². The van der Waals surface area contributed by atoms with Crippen LogP contribution in [0.15, 0.2) is 170 Å². The van der Waals surface area contributed by atoms with E-state index in [1.165, 1.54) is 24.3 Å². The number of aliphatic hydroxyl groups is 1. The van der Waals surface area contributed by atoms with E-state index in [1.807, 2.05) is 72.8 Å². The van der Waals surface area contributed by atoms with Crippen LogP contribution >= 0.6 is 0 Å². The number of ether oxygens (including phenoxy) is 1. The first-order chi connectivity index (χ1) is 34.2. The van der Waals surface area contributed by atoms with E-state index >= 15 is 0 Å². The predicted molar refractivity (Wildman–Crippen MR) is 271 cm³/mol. The van der Waals surface area contributed by atoms with E-state index in [4.69, 9.17) is 16.1 Å². The second-order valence-electron chi connectivity index (χ2n) is 17.9. The van der Waals surface area contributed by atoms with Crippen molar-refractivity contribution in [1.82, 2.24) is 19.9 Å². The molecule has 0 amide bonds. The molecule has 3 aliphatic rings. The summed E-state index contributed by atoms with van der Waals surface area (Å²) in [4.78, 5) is 32.0. The highest BCUT2D eigenvalue weighted by atomic mass is 19.1. The summed E-state index contributed by atoms with van der Waals surface area (Å²) in [6, 6.07) is 54.2. The van der Waals surface area contributed by atoms with Crippen LogP contribution in [-0.4, -0.2) is 43.2 Å². The van der Waals surface area contributed by atoms with Gasteiger partial charge in [-0.05, 0) is 121 Å². The number of nitrogens with one attached hydrogen (secondary N) is 2. The Bertz CT molecular complexity index is 3400. The van der Waals surface area contributed by atoms with Crippen molar-refractivity contribution < 1.29 is 21.8 Å². The molecule has 3 N–H and O–H groups in total. The van der Waals surface area contributed by atoms with Crippen molar-refractivity contribution >= 4 is 40.2 Å². The second-order valence-corrected chi connectivity index (χ2v) is 17.9. The van der Waals surface area contributed by atoms with E-state index in [2.05, 4.69) is 94.9 Å². The average Bonchev–Trinajstić information content (AvgIpc) is 4.23. The molecule has 8 aromatic rings. The Labute approximate surface area is 397 Å². The monoisotopic (exact) mass is 896 g/mol. The number of aromatic amines is 2. The van der Waals surface area contributed by atoms with Crippen LogP contribution in [0.2, 0.25) is 0 Å². The maximum Gasteiger partial charge on any atom is 0.338 e. The van der Waals surface area contributed by atoms with Gasteiger partial charge in [-0.25, -0.2) is 14.2 Å². The Kier molecular flexibility index (Phi) is 11.1. The molecule has 11 rings (SSSR count). The van der Waals surface area contributed by atoms with Crippen LogP contribution in [0.3, 0.4) is 0 Å². The number of hydrogen-bond acceptors (Lipinski definition) is 5. The zero-order valence-electron chi connectivity index (χ0n) is 39.4. The van der Waals surface area contributed by atoms with E-state index in [0.717, 1.165) is 90.1 Å². The summed E-state index contributed by atoms with van der Waals surface area (Å²) in [5, 5.41) is 12.5. The number of halogens is 1. The molecule has 8 bridgehead atoms. The molecule has 1 saturated carbocycles. The fraction of sp³-hybridized carbons (Fsp3) is 0.183. The summed E-state index contributed by atoms with van der Waals surface area (Å²) < 4.78 is 38.9. The van der Waals surface area contributed by atoms with Crippen LogP contribution in [0.25, 0.3) is 78.7 Å². The minimum absolute atomic E-state index is 0.109. The third kappa shape index (κ3) is 8.48. The van der Waals surface area contributed by atoms with Gasteiger partial charge in [-0.3, -0.25) is 4.98 Å². The number of benzene rings is 5. The van der Waals surface area contributed by atoms with Crippen molar-refractivity contribution in [2.45, 2.75) is 56.4 Å². The summed E-state index contributed by atoms with van der Waals surface area (Å²) >= 11 is 0. The molecule has 8 heteroatoms. The molecule has 1 aliphatic carbocycles. The summed E-state index contributed by atoms with van der Waals surface area (Å²) in [6.07, 6.45) is 6.66. The number of nitrogens with zero attached hydrogens (tertiary/aromatic N) is 2. The molecule has 1 unspecified atom stereocenters. The van der Waals surface area contributed by atoms with Gasteiger partial charge in [0.2, 0.25) is 0 Å². The van der Waals surface area contributed by atoms with Crippen molar-refractivity contribution in [2.24, 2.45) is 5.92 Å². The SMILES string of the molecule is [2H]C(OC(=O)c1ccc(F)cc1)[C@]1(O)CCCC[C@@H]1CC[C@H]1c2nc(c(-c3ccccc3)c3ccc([nH]3)c(-c3ccccc3)c3nc(c(-c4ccccc4)c4ccc([nH]4)c2-c2ccccc2)C=C3)[C@@H]1[2H]. The molecule has 3 aromatic heterocycles. The molecule has 5 heterocycles. The van der Waals surface area contributed by atoms with Gasteiger partial charge in [-0.15, -0.1) is 0 Å². The smallest absolute Gasteiger partial charge is 0.338 e. The van der Waals surface area contributed by atoms with Crippen molar-refractivity contribution in [1.29, 1.82) is 0 Å². The van der Waals surface area contributed by atoms with Crippen molar-refractivity contribution in [2.75, 3.05) is 6.58 Å². The fourth-order valence-electron chi connectivity index (χ4n) is 10.3. The second kappa shape index (κ2) is 18.5. The number of esters is 1. The normalized spacial score (nSPS) is 19.8. The average molecular weight is 897 g/mol. The summed E-state index contributed by atoms with van der Waals surface area (Å²) in [7, 11) is 0. The minimum Gasteiger partial charge on any atom is -0.459 e. The van der Waals surface area contributed by atoms with Crippen LogP contribution in [0.4, 0.5) is 4.39 Å². The largest absolute Gasteiger partial charge is 0.459 e. The summed E-state index contributed by atoms with van der Waals surface area (Å²) in [5.74, 6) is -2.15. The van der Waals surface area contributed by atoms with E-state index < -0.39 is 42.2 Å². The molecule has 0 saturated heterocycles. The van der Waals surface area contributed by atoms with Crippen LogP contribution in [-0.2, 0) is 11.1 Å². The number of rotatable bonds is 10. The van der Waals surface area contributed by atoms with Gasteiger partial charge in [0.15, 0.2) is 0 Å². The lowest BCUT2D eigenvalue weighted by atomic mass is 9.72. The number of carbonyl (C=O) groups is 1. The minimum atomic E-state index is -1.65. The summed E-state index contributed by atoms with van der Waals surface area (Å²) in [6.45, 7) is -1.58. The molecular formula is C60H51FN4O3. The highest BCUT2D eigenvalue weighted by Crippen LogP contribution is 2.45. The Morgan fingerprint density at radius 2 is 1.12 bits per heavy atom. The standard InChI is InChI=1S/C60H51FN4O3/c61-46-28-25-43(26-29-46)59(66)68-38-60(67)36-14-13-23-45(60)27-24-44-37-53-56(41-19-9-3-10-20-41)51-33-32-49(63-51)54(39-15-5-1-6-16-39)47-30-31-48(62-47)55(40-17-7-2-8-18-40)50-34-35-52(64-50)57(58(44)65-53)42-21-11-4-12-22-42/h1-12,15-22,25-26,28-35,44-45,63-64,67H,13-14,23-24,27,36-38H2/t44-,45-,60-/m1/s1/i37D,38D/t37-,38?,44-,45-,60-. The third-order valence-electron chi connectivity index (χ3n) is 13.7. The van der Waals surface area contributed by atoms with Gasteiger partial charge in [0.05, 0.1) is 29.7 Å². The van der Waals surface area contributed by atoms with Crippen molar-refractivity contribution in [3.8, 4) is 44.5 Å². The third-order valence-corrected chi connectivity index (χ3v) is 13.7. The molecule has 68 heavy (non-hydrogen) atoms. The number of aromatic nitrogens is 4. The first-order valence-electron chi connectivity index (χ1n) is 24.6. The molecule has 0 spiro atoms. The lowest BCUT2D eigenvalue weighted by Crippen LogP contribution is -2.45. The number of H-pyrrole nitrogens is 2. The van der Waals surface area contributed by atoms with E-state index in [9.17, 15) is 15.7 Å². The van der Waals surface area contributed by atoms with E-state index in [0.29, 0.717) is 31.4 Å². The number of carbonyl (C=O) groups excluding carboxylic acids is 1. The van der Waals surface area contributed by atoms with E-state index in [-0.39, 0.29) is 12.0 Å². The van der Waals surface area contributed by atoms with Gasteiger partial charge in [0, 0.05) is 51.6 Å². The molecule has 0 radical (unpaired) electrons. The lowest BCUT2D eigenvalue weighted by Gasteiger charge is -2.40. The van der Waals surface area contributed by atoms with Crippen LogP contribution in [0.5, 0.6) is 0 Å². The van der Waals surface area contributed by atoms with Crippen molar-refractivity contribution in [3.63, 3.8) is 0 Å². The molecule has 5 atom stereocenters. The first kappa shape index (κ1) is 40.6. The molecular weight excluding hydrogens is 844 g/mol. The van der Waals surface area contributed by atoms with Gasteiger partial charge < -0.3 is 19.8 Å². The Balaban J connectivity index is 1.14. The molecule has 336 valence electrons. The predicted octanol–water partition coefficient (Wildman–Crippen LogP) is 14.2. The topological polar surface area (TPSA) is 104 Å². The number of hydrogen-bond donors (Lipinski definition) is 3. The van der Waals surface area contributed by atoms with Gasteiger partial charge in [0.1, 0.15) is 18.0 Å². The quantitative estimate of drug-likeness (QED) is 0.119. The zero-order chi connectivity index (χ0) is 47.8. The Hall–Kier alpha value is -7.68. The molecule has 1 fully saturated rings. The fourth-order valence-corrected chi connectivity index (χ4v) is 10.3. The van der Waals surface area contributed by atoms with Gasteiger partial charge in [-0.1, -0.05) is 134 Å². The van der Waals surface area contributed by atoms with Gasteiger partial charge >= 0.3 is 5.97 Å². The lowest BCUT2D eigenvalue weighted by molar-refractivity contribution is -0.0940. The highest BCUT2D eigenvalue weighted by molar-refractivity contribution is 5.97. The molecule has 2 aliphatic heterocycles. The van der Waals surface area contributed by atoms with Gasteiger partial charge in [0.25, 0.3) is 0 Å².